The smallest absolute Gasteiger partial charge is 0.125 e. The van der Waals surface area contributed by atoms with E-state index in [0.717, 1.165) is 11.3 Å². The van der Waals surface area contributed by atoms with Gasteiger partial charge in [0, 0.05) is 12.2 Å². The summed E-state index contributed by atoms with van der Waals surface area (Å²) in [6.07, 6.45) is 9.69. The largest absolute Gasteiger partial charge is 0.324 e. The molecule has 0 bridgehead atoms. The lowest BCUT2D eigenvalue weighted by molar-refractivity contribution is 0.418. The predicted octanol–water partition coefficient (Wildman–Crippen LogP) is 4.70. The zero-order valence-corrected chi connectivity index (χ0v) is 12.5. The van der Waals surface area contributed by atoms with E-state index in [0.29, 0.717) is 11.9 Å². The summed E-state index contributed by atoms with van der Waals surface area (Å²) in [5.41, 5.74) is 2.12. The van der Waals surface area contributed by atoms with Crippen LogP contribution in [-0.2, 0) is 5.88 Å². The van der Waals surface area contributed by atoms with Gasteiger partial charge in [-0.1, -0.05) is 33.1 Å². The second-order valence-corrected chi connectivity index (χ2v) is 5.25. The van der Waals surface area contributed by atoms with E-state index in [4.69, 9.17) is 11.6 Å². The van der Waals surface area contributed by atoms with Crippen molar-refractivity contribution >= 4 is 22.6 Å². The predicted molar refractivity (Wildman–Crippen MR) is 80.6 cm³/mol. The van der Waals surface area contributed by atoms with Gasteiger partial charge in [-0.2, -0.15) is 0 Å². The summed E-state index contributed by atoms with van der Waals surface area (Å²) in [7, 11) is 0. The van der Waals surface area contributed by atoms with E-state index in [1.807, 2.05) is 18.5 Å². The standard InChI is InChI=1S/C15H22ClN3/c1-3-5-7-12(6-4-2)19-14-8-9-17-11-13(14)18-15(19)10-16/h8-9,11-12H,3-7,10H2,1-2H3. The first-order chi connectivity index (χ1) is 9.31. The molecule has 1 atom stereocenters. The minimum atomic E-state index is 0.459. The van der Waals surface area contributed by atoms with E-state index in [9.17, 15) is 0 Å². The van der Waals surface area contributed by atoms with Crippen molar-refractivity contribution in [2.45, 2.75) is 57.9 Å². The van der Waals surface area contributed by atoms with E-state index in [2.05, 4.69) is 28.4 Å². The number of rotatable bonds is 7. The maximum Gasteiger partial charge on any atom is 0.125 e. The molecule has 104 valence electrons. The number of halogens is 1. The van der Waals surface area contributed by atoms with Crippen LogP contribution in [0.15, 0.2) is 18.5 Å². The van der Waals surface area contributed by atoms with E-state index >= 15 is 0 Å². The van der Waals surface area contributed by atoms with Gasteiger partial charge >= 0.3 is 0 Å². The highest BCUT2D eigenvalue weighted by Crippen LogP contribution is 2.28. The lowest BCUT2D eigenvalue weighted by Crippen LogP contribution is -2.12. The average molecular weight is 280 g/mol. The summed E-state index contributed by atoms with van der Waals surface area (Å²) in [6, 6.07) is 2.55. The first-order valence-electron chi connectivity index (χ1n) is 7.18. The van der Waals surface area contributed by atoms with Crippen molar-refractivity contribution in [1.29, 1.82) is 0 Å². The van der Waals surface area contributed by atoms with Crippen LogP contribution in [0.4, 0.5) is 0 Å². The monoisotopic (exact) mass is 279 g/mol. The van der Waals surface area contributed by atoms with Gasteiger partial charge in [0.25, 0.3) is 0 Å². The van der Waals surface area contributed by atoms with Crippen molar-refractivity contribution in [1.82, 2.24) is 14.5 Å². The molecule has 2 rings (SSSR count). The highest BCUT2D eigenvalue weighted by molar-refractivity contribution is 6.16. The average Bonchev–Trinajstić information content (AvgIpc) is 2.82. The SMILES string of the molecule is CCCCC(CCC)n1c(CCl)nc2cnccc21. The fourth-order valence-corrected chi connectivity index (χ4v) is 2.87. The zero-order valence-electron chi connectivity index (χ0n) is 11.8. The highest BCUT2D eigenvalue weighted by Gasteiger charge is 2.17. The van der Waals surface area contributed by atoms with Gasteiger partial charge in [0.1, 0.15) is 11.3 Å². The van der Waals surface area contributed by atoms with Crippen molar-refractivity contribution in [3.63, 3.8) is 0 Å². The molecule has 19 heavy (non-hydrogen) atoms. The molecular weight excluding hydrogens is 258 g/mol. The number of fused-ring (bicyclic) bond motifs is 1. The summed E-state index contributed by atoms with van der Waals surface area (Å²) in [5, 5.41) is 0. The topological polar surface area (TPSA) is 30.7 Å². The molecule has 0 aliphatic rings. The van der Waals surface area contributed by atoms with Crippen LogP contribution in [0.5, 0.6) is 0 Å². The Balaban J connectivity index is 2.43. The molecule has 0 amide bonds. The number of unbranched alkanes of at least 4 members (excludes halogenated alkanes) is 1. The maximum absolute atomic E-state index is 6.08. The summed E-state index contributed by atoms with van der Waals surface area (Å²) < 4.78 is 2.34. The first-order valence-corrected chi connectivity index (χ1v) is 7.72. The van der Waals surface area contributed by atoms with Crippen molar-refractivity contribution in [2.24, 2.45) is 0 Å². The number of nitrogens with zero attached hydrogens (tertiary/aromatic N) is 3. The Labute approximate surface area is 120 Å². The molecule has 0 aromatic carbocycles. The summed E-state index contributed by atoms with van der Waals surface area (Å²) in [5.74, 6) is 1.43. The minimum absolute atomic E-state index is 0.459. The van der Waals surface area contributed by atoms with Crippen molar-refractivity contribution in [2.75, 3.05) is 0 Å². The number of hydrogen-bond acceptors (Lipinski definition) is 2. The lowest BCUT2D eigenvalue weighted by atomic mass is 10.0. The molecule has 4 heteroatoms. The van der Waals surface area contributed by atoms with Crippen LogP contribution in [0.25, 0.3) is 11.0 Å². The molecule has 0 aliphatic heterocycles. The Bertz CT molecular complexity index is 521. The van der Waals surface area contributed by atoms with Crippen molar-refractivity contribution in [3.8, 4) is 0 Å². The van der Waals surface area contributed by atoms with E-state index in [1.165, 1.54) is 37.6 Å². The molecule has 2 heterocycles. The number of imidazole rings is 1. The third-order valence-electron chi connectivity index (χ3n) is 3.56. The number of pyridine rings is 1. The molecule has 0 aliphatic carbocycles. The Hall–Kier alpha value is -1.09. The molecule has 0 saturated carbocycles. The molecule has 0 fully saturated rings. The van der Waals surface area contributed by atoms with Crippen molar-refractivity contribution in [3.05, 3.63) is 24.3 Å². The molecule has 0 saturated heterocycles. The van der Waals surface area contributed by atoms with E-state index in [-0.39, 0.29) is 0 Å². The van der Waals surface area contributed by atoms with E-state index < -0.39 is 0 Å². The highest BCUT2D eigenvalue weighted by atomic mass is 35.5. The second kappa shape index (κ2) is 6.90. The Morgan fingerprint density at radius 1 is 1.26 bits per heavy atom. The Morgan fingerprint density at radius 2 is 2.11 bits per heavy atom. The molecule has 0 N–H and O–H groups in total. The fourth-order valence-electron chi connectivity index (χ4n) is 2.68. The third kappa shape index (κ3) is 3.08. The van der Waals surface area contributed by atoms with Crippen LogP contribution >= 0.6 is 11.6 Å². The van der Waals surface area contributed by atoms with Crippen LogP contribution in [0.1, 0.15) is 57.8 Å². The maximum atomic E-state index is 6.08. The second-order valence-electron chi connectivity index (χ2n) is 4.98. The van der Waals surface area contributed by atoms with Crippen LogP contribution in [0.2, 0.25) is 0 Å². The number of hydrogen-bond donors (Lipinski definition) is 0. The van der Waals surface area contributed by atoms with Gasteiger partial charge in [-0.3, -0.25) is 4.98 Å². The zero-order chi connectivity index (χ0) is 13.7. The fraction of sp³-hybridized carbons (Fsp3) is 0.600. The quantitative estimate of drug-likeness (QED) is 0.688. The summed E-state index contributed by atoms with van der Waals surface area (Å²) in [4.78, 5) is 8.76. The molecule has 3 nitrogen and oxygen atoms in total. The number of alkyl halides is 1. The lowest BCUT2D eigenvalue weighted by Gasteiger charge is -2.20. The van der Waals surface area contributed by atoms with Crippen LogP contribution in [0.3, 0.4) is 0 Å². The molecular formula is C15H22ClN3. The molecule has 1 unspecified atom stereocenters. The third-order valence-corrected chi connectivity index (χ3v) is 3.80. The Kier molecular flexibility index (Phi) is 5.20. The number of aromatic nitrogens is 3. The summed E-state index contributed by atoms with van der Waals surface area (Å²) >= 11 is 6.08. The van der Waals surface area contributed by atoms with Crippen LogP contribution in [0, 0.1) is 0 Å². The van der Waals surface area contributed by atoms with Gasteiger partial charge in [0.2, 0.25) is 0 Å². The van der Waals surface area contributed by atoms with Gasteiger partial charge in [-0.05, 0) is 18.9 Å². The first kappa shape index (κ1) is 14.3. The molecule has 2 aromatic rings. The van der Waals surface area contributed by atoms with Gasteiger partial charge in [0.15, 0.2) is 0 Å². The molecule has 0 spiro atoms. The minimum Gasteiger partial charge on any atom is -0.324 e. The van der Waals surface area contributed by atoms with Gasteiger partial charge in [-0.25, -0.2) is 4.98 Å². The van der Waals surface area contributed by atoms with E-state index in [1.54, 1.807) is 0 Å². The van der Waals surface area contributed by atoms with Gasteiger partial charge in [-0.15, -0.1) is 11.6 Å². The van der Waals surface area contributed by atoms with Gasteiger partial charge < -0.3 is 4.57 Å². The van der Waals surface area contributed by atoms with Crippen molar-refractivity contribution < 1.29 is 0 Å². The molecule has 2 aromatic heterocycles. The van der Waals surface area contributed by atoms with Crippen LogP contribution < -0.4 is 0 Å². The summed E-state index contributed by atoms with van der Waals surface area (Å²) in [6.45, 7) is 4.47. The Morgan fingerprint density at radius 3 is 2.79 bits per heavy atom. The van der Waals surface area contributed by atoms with Gasteiger partial charge in [0.05, 0.1) is 17.6 Å². The normalized spacial score (nSPS) is 13.0. The molecule has 0 radical (unpaired) electrons. The van der Waals surface area contributed by atoms with Crippen LogP contribution in [-0.4, -0.2) is 14.5 Å².